The van der Waals surface area contributed by atoms with Gasteiger partial charge in [-0.2, -0.15) is 0 Å². The van der Waals surface area contributed by atoms with Gasteiger partial charge in [-0.15, -0.1) is 0 Å². The van der Waals surface area contributed by atoms with Crippen molar-refractivity contribution in [2.75, 3.05) is 11.9 Å². The quantitative estimate of drug-likeness (QED) is 0.386. The molecule has 1 aliphatic heterocycles. The highest BCUT2D eigenvalue weighted by Gasteiger charge is 2.39. The maximum absolute atomic E-state index is 6.22. The first-order valence-corrected chi connectivity index (χ1v) is 11.0. The van der Waals surface area contributed by atoms with Crippen molar-refractivity contribution in [3.05, 3.63) is 103 Å². The van der Waals surface area contributed by atoms with Crippen molar-refractivity contribution in [2.24, 2.45) is 0 Å². The van der Waals surface area contributed by atoms with Crippen molar-refractivity contribution in [3.63, 3.8) is 0 Å². The van der Waals surface area contributed by atoms with E-state index in [2.05, 4.69) is 110 Å². The molecule has 4 aromatic rings. The molecule has 5 rings (SSSR count). The van der Waals surface area contributed by atoms with Gasteiger partial charge in [0.2, 0.25) is 0 Å². The molecule has 4 heteroatoms. The molecule has 3 nitrogen and oxygen atoms in total. The van der Waals surface area contributed by atoms with E-state index in [1.165, 1.54) is 16.7 Å². The standard InChI is InChI=1S/C28H26BNO2/c1-28(2)20-31-29(32-28)26-19-24(22-11-7-4-8-12-22)15-18-27(26)30-25-16-13-23(14-17-25)21-9-5-3-6-10-21/h3-19,30H,20H2,1-2H3. The van der Waals surface area contributed by atoms with E-state index in [9.17, 15) is 0 Å². The fraction of sp³-hybridized carbons (Fsp3) is 0.143. The van der Waals surface area contributed by atoms with Crippen LogP contribution in [0, 0.1) is 0 Å². The zero-order valence-electron chi connectivity index (χ0n) is 18.4. The monoisotopic (exact) mass is 419 g/mol. The summed E-state index contributed by atoms with van der Waals surface area (Å²) in [5, 5.41) is 3.57. The van der Waals surface area contributed by atoms with Crippen LogP contribution in [0.15, 0.2) is 103 Å². The lowest BCUT2D eigenvalue weighted by molar-refractivity contribution is 0.137. The molecule has 0 bridgehead atoms. The molecule has 1 saturated heterocycles. The highest BCUT2D eigenvalue weighted by atomic mass is 16.7. The van der Waals surface area contributed by atoms with Gasteiger partial charge in [0, 0.05) is 16.8 Å². The van der Waals surface area contributed by atoms with Gasteiger partial charge in [0.15, 0.2) is 0 Å². The van der Waals surface area contributed by atoms with Crippen molar-refractivity contribution in [2.45, 2.75) is 19.4 Å². The third kappa shape index (κ3) is 4.47. The Kier molecular flexibility index (Phi) is 5.56. The van der Waals surface area contributed by atoms with Crippen LogP contribution in [0.5, 0.6) is 0 Å². The first-order chi connectivity index (χ1) is 15.6. The zero-order valence-corrected chi connectivity index (χ0v) is 18.4. The molecule has 0 atom stereocenters. The van der Waals surface area contributed by atoms with Gasteiger partial charge in [0.05, 0.1) is 12.2 Å². The number of rotatable bonds is 5. The molecule has 0 aromatic heterocycles. The first kappa shape index (κ1) is 20.6. The Morgan fingerprint density at radius 2 is 1.25 bits per heavy atom. The maximum atomic E-state index is 6.22. The maximum Gasteiger partial charge on any atom is 0.496 e. The van der Waals surface area contributed by atoms with Gasteiger partial charge in [0.25, 0.3) is 0 Å². The van der Waals surface area contributed by atoms with E-state index in [1.54, 1.807) is 0 Å². The van der Waals surface area contributed by atoms with Crippen molar-refractivity contribution < 1.29 is 9.31 Å². The minimum Gasteiger partial charge on any atom is -0.404 e. The van der Waals surface area contributed by atoms with Crippen LogP contribution in [0.25, 0.3) is 22.3 Å². The van der Waals surface area contributed by atoms with E-state index < -0.39 is 7.12 Å². The number of benzene rings is 4. The topological polar surface area (TPSA) is 30.5 Å². The molecule has 0 amide bonds. The van der Waals surface area contributed by atoms with E-state index in [4.69, 9.17) is 9.31 Å². The number of nitrogens with one attached hydrogen (secondary N) is 1. The predicted molar refractivity (Wildman–Crippen MR) is 134 cm³/mol. The summed E-state index contributed by atoms with van der Waals surface area (Å²) in [5.41, 5.74) is 7.43. The van der Waals surface area contributed by atoms with Crippen LogP contribution < -0.4 is 10.8 Å². The second-order valence-electron chi connectivity index (χ2n) is 8.76. The highest BCUT2D eigenvalue weighted by Crippen LogP contribution is 2.27. The molecule has 0 aliphatic carbocycles. The lowest BCUT2D eigenvalue weighted by Gasteiger charge is -2.18. The highest BCUT2D eigenvalue weighted by molar-refractivity contribution is 6.64. The average Bonchev–Trinajstić information content (AvgIpc) is 3.20. The summed E-state index contributed by atoms with van der Waals surface area (Å²) in [5.74, 6) is 0. The van der Waals surface area contributed by atoms with Gasteiger partial charge in [-0.3, -0.25) is 0 Å². The molecule has 1 heterocycles. The first-order valence-electron chi connectivity index (χ1n) is 11.0. The zero-order chi connectivity index (χ0) is 22.0. The molecule has 32 heavy (non-hydrogen) atoms. The molecule has 1 fully saturated rings. The Bertz CT molecular complexity index is 1190. The molecule has 158 valence electrons. The van der Waals surface area contributed by atoms with E-state index in [1.807, 2.05) is 12.1 Å². The SMILES string of the molecule is CC1(C)COB(c2cc(-c3ccccc3)ccc2Nc2ccc(-c3ccccc3)cc2)O1. The third-order valence-electron chi connectivity index (χ3n) is 5.69. The third-order valence-corrected chi connectivity index (χ3v) is 5.69. The second-order valence-corrected chi connectivity index (χ2v) is 8.76. The molecular formula is C28H26BNO2. The lowest BCUT2D eigenvalue weighted by Crippen LogP contribution is -2.36. The van der Waals surface area contributed by atoms with Crippen LogP contribution in [0.2, 0.25) is 0 Å². The van der Waals surface area contributed by atoms with E-state index in [0.717, 1.165) is 22.4 Å². The minimum absolute atomic E-state index is 0.304. The van der Waals surface area contributed by atoms with Gasteiger partial charge in [0.1, 0.15) is 0 Å². The van der Waals surface area contributed by atoms with Crippen molar-refractivity contribution >= 4 is 24.0 Å². The van der Waals surface area contributed by atoms with E-state index in [-0.39, 0.29) is 5.60 Å². The van der Waals surface area contributed by atoms with Gasteiger partial charge in [-0.1, -0.05) is 84.9 Å². The molecule has 4 aromatic carbocycles. The number of hydrogen-bond donors (Lipinski definition) is 1. The smallest absolute Gasteiger partial charge is 0.404 e. The van der Waals surface area contributed by atoms with E-state index in [0.29, 0.717) is 6.61 Å². The second kappa shape index (κ2) is 8.66. The van der Waals surface area contributed by atoms with Crippen LogP contribution in [0.4, 0.5) is 11.4 Å². The van der Waals surface area contributed by atoms with Crippen LogP contribution >= 0.6 is 0 Å². The van der Waals surface area contributed by atoms with Crippen LogP contribution in [0.3, 0.4) is 0 Å². The fourth-order valence-corrected chi connectivity index (χ4v) is 4.00. The van der Waals surface area contributed by atoms with Crippen molar-refractivity contribution in [1.29, 1.82) is 0 Å². The lowest BCUT2D eigenvalue weighted by atomic mass is 9.76. The number of anilines is 2. The molecular weight excluding hydrogens is 393 g/mol. The number of hydrogen-bond acceptors (Lipinski definition) is 3. The summed E-state index contributed by atoms with van der Waals surface area (Å²) in [4.78, 5) is 0. The van der Waals surface area contributed by atoms with Gasteiger partial charge >= 0.3 is 7.12 Å². The summed E-state index contributed by atoms with van der Waals surface area (Å²) < 4.78 is 12.3. The molecule has 0 saturated carbocycles. The summed E-state index contributed by atoms with van der Waals surface area (Å²) in [6, 6.07) is 35.7. The Balaban J connectivity index is 1.46. The van der Waals surface area contributed by atoms with E-state index >= 15 is 0 Å². The Hall–Kier alpha value is -3.34. The molecule has 1 N–H and O–H groups in total. The fourth-order valence-electron chi connectivity index (χ4n) is 4.00. The Morgan fingerprint density at radius 1 is 0.688 bits per heavy atom. The summed E-state index contributed by atoms with van der Waals surface area (Å²) in [6.45, 7) is 4.69. The van der Waals surface area contributed by atoms with Crippen molar-refractivity contribution in [3.8, 4) is 22.3 Å². The molecule has 1 aliphatic rings. The normalized spacial score (nSPS) is 15.0. The summed E-state index contributed by atoms with van der Waals surface area (Å²) >= 11 is 0. The molecule has 0 unspecified atom stereocenters. The van der Waals surface area contributed by atoms with Crippen molar-refractivity contribution in [1.82, 2.24) is 0 Å². The largest absolute Gasteiger partial charge is 0.496 e. The summed E-state index contributed by atoms with van der Waals surface area (Å²) in [6.07, 6.45) is 0. The summed E-state index contributed by atoms with van der Waals surface area (Å²) in [7, 11) is -0.403. The van der Waals surface area contributed by atoms with Crippen LogP contribution in [-0.2, 0) is 9.31 Å². The molecule has 0 spiro atoms. The van der Waals surface area contributed by atoms with Gasteiger partial charge in [-0.05, 0) is 54.3 Å². The van der Waals surface area contributed by atoms with Crippen LogP contribution in [0.1, 0.15) is 13.8 Å². The minimum atomic E-state index is -0.403. The van der Waals surface area contributed by atoms with Gasteiger partial charge < -0.3 is 14.6 Å². The van der Waals surface area contributed by atoms with Gasteiger partial charge in [-0.25, -0.2) is 0 Å². The predicted octanol–water partition coefficient (Wildman–Crippen LogP) is 6.28. The molecule has 0 radical (unpaired) electrons. The average molecular weight is 419 g/mol. The Morgan fingerprint density at radius 3 is 1.84 bits per heavy atom. The van der Waals surface area contributed by atoms with Crippen LogP contribution in [-0.4, -0.2) is 19.3 Å². The Labute approximate surface area is 190 Å².